The minimum Gasteiger partial charge on any atom is -0.460 e. The molecule has 21 heavy (non-hydrogen) atoms. The Morgan fingerprint density at radius 3 is 2.48 bits per heavy atom. The summed E-state index contributed by atoms with van der Waals surface area (Å²) in [5.74, 6) is -1.87. The highest BCUT2D eigenvalue weighted by Crippen LogP contribution is 2.16. The molecule has 2 aromatic rings. The van der Waals surface area contributed by atoms with E-state index in [1.807, 2.05) is 23.6 Å². The second-order valence-electron chi connectivity index (χ2n) is 4.60. The molecule has 5 nitrogen and oxygen atoms in total. The number of esters is 1. The van der Waals surface area contributed by atoms with Crippen LogP contribution in [-0.4, -0.2) is 22.9 Å². The van der Waals surface area contributed by atoms with Crippen molar-refractivity contribution < 1.29 is 14.3 Å². The number of carbonyl (C=O) groups is 2. The fourth-order valence-corrected chi connectivity index (χ4v) is 2.49. The quantitative estimate of drug-likeness (QED) is 0.490. The van der Waals surface area contributed by atoms with E-state index in [2.05, 4.69) is 0 Å². The number of rotatable bonds is 4. The van der Waals surface area contributed by atoms with E-state index in [-0.39, 0.29) is 12.2 Å². The van der Waals surface area contributed by atoms with Crippen LogP contribution >= 0.6 is 0 Å². The molecule has 0 unspecified atom stereocenters. The Labute approximate surface area is 122 Å². The number of fused-ring (bicyclic) bond motifs is 1. The first-order chi connectivity index (χ1) is 10.0. The number of para-hydroxylation sites is 1. The van der Waals surface area contributed by atoms with Gasteiger partial charge in [0, 0.05) is 17.6 Å². The van der Waals surface area contributed by atoms with Gasteiger partial charge >= 0.3 is 5.97 Å². The van der Waals surface area contributed by atoms with E-state index in [1.54, 1.807) is 26.0 Å². The number of ether oxygens (including phenoxy) is 1. The van der Waals surface area contributed by atoms with Crippen molar-refractivity contribution >= 4 is 22.7 Å². The predicted molar refractivity (Wildman–Crippen MR) is 79.6 cm³/mol. The highest BCUT2D eigenvalue weighted by atomic mass is 16.5. The maximum absolute atomic E-state index is 12.5. The van der Waals surface area contributed by atoms with Crippen LogP contribution in [0.2, 0.25) is 0 Å². The van der Waals surface area contributed by atoms with E-state index in [4.69, 9.17) is 4.74 Å². The van der Waals surface area contributed by atoms with Crippen LogP contribution in [0.3, 0.4) is 0 Å². The second-order valence-corrected chi connectivity index (χ2v) is 4.60. The third kappa shape index (κ3) is 2.46. The molecule has 0 aliphatic rings. The van der Waals surface area contributed by atoms with E-state index in [9.17, 15) is 14.4 Å². The average Bonchev–Trinajstić information content (AvgIpc) is 2.48. The number of Topliss-reactive ketones (excluding diaryl/α,β-unsaturated/α-hetero) is 1. The summed E-state index contributed by atoms with van der Waals surface area (Å²) in [6, 6.07) is 7.05. The maximum atomic E-state index is 12.5. The van der Waals surface area contributed by atoms with Gasteiger partial charge in [-0.1, -0.05) is 12.1 Å². The zero-order valence-corrected chi connectivity index (χ0v) is 12.3. The molecule has 0 aliphatic carbocycles. The molecular formula is C16H17NO4. The number of aryl methyl sites for hydroxylation is 1. The van der Waals surface area contributed by atoms with Gasteiger partial charge in [0.1, 0.15) is 0 Å². The Kier molecular flexibility index (Phi) is 4.21. The summed E-state index contributed by atoms with van der Waals surface area (Å²) in [7, 11) is 0. The third-order valence-corrected chi connectivity index (χ3v) is 3.44. The number of ketones is 1. The van der Waals surface area contributed by atoms with Crippen LogP contribution in [-0.2, 0) is 16.1 Å². The van der Waals surface area contributed by atoms with Crippen molar-refractivity contribution in [2.45, 2.75) is 27.3 Å². The lowest BCUT2D eigenvalue weighted by atomic mass is 10.0. The van der Waals surface area contributed by atoms with Gasteiger partial charge in [-0.2, -0.15) is 0 Å². The van der Waals surface area contributed by atoms with Gasteiger partial charge in [-0.05, 0) is 32.9 Å². The summed E-state index contributed by atoms with van der Waals surface area (Å²) in [6.45, 7) is 5.89. The molecule has 0 bridgehead atoms. The van der Waals surface area contributed by atoms with Gasteiger partial charge in [0.05, 0.1) is 17.7 Å². The van der Waals surface area contributed by atoms with Crippen LogP contribution in [0.25, 0.3) is 10.9 Å². The van der Waals surface area contributed by atoms with E-state index in [1.165, 1.54) is 0 Å². The first-order valence-corrected chi connectivity index (χ1v) is 6.86. The Balaban J connectivity index is 2.78. The molecule has 0 spiro atoms. The zero-order chi connectivity index (χ0) is 15.6. The van der Waals surface area contributed by atoms with Crippen LogP contribution in [0.5, 0.6) is 0 Å². The number of nitrogens with zero attached hydrogens (tertiary/aromatic N) is 1. The van der Waals surface area contributed by atoms with Gasteiger partial charge in [0.25, 0.3) is 5.78 Å². The summed E-state index contributed by atoms with van der Waals surface area (Å²) < 4.78 is 6.57. The summed E-state index contributed by atoms with van der Waals surface area (Å²) in [4.78, 5) is 36.4. The topological polar surface area (TPSA) is 65.4 Å². The standard InChI is InChI=1S/C16H17NO4/c1-4-17-10(3)13(15(19)16(20)21-5-2)14(18)11-8-6-7-9-12(11)17/h6-9H,4-5H2,1-3H3. The van der Waals surface area contributed by atoms with Gasteiger partial charge in [-0.15, -0.1) is 0 Å². The molecule has 0 fully saturated rings. The molecule has 0 amide bonds. The number of carbonyl (C=O) groups excluding carboxylic acids is 2. The largest absolute Gasteiger partial charge is 0.460 e. The molecule has 110 valence electrons. The van der Waals surface area contributed by atoms with Crippen molar-refractivity contribution in [3.63, 3.8) is 0 Å². The van der Waals surface area contributed by atoms with Crippen molar-refractivity contribution in [3.05, 3.63) is 45.7 Å². The fourth-order valence-electron chi connectivity index (χ4n) is 2.49. The van der Waals surface area contributed by atoms with E-state index < -0.39 is 17.2 Å². The zero-order valence-electron chi connectivity index (χ0n) is 12.3. The monoisotopic (exact) mass is 287 g/mol. The van der Waals surface area contributed by atoms with Gasteiger partial charge < -0.3 is 9.30 Å². The number of benzene rings is 1. The molecule has 1 aromatic heterocycles. The third-order valence-electron chi connectivity index (χ3n) is 3.44. The van der Waals surface area contributed by atoms with Crippen molar-refractivity contribution in [3.8, 4) is 0 Å². The van der Waals surface area contributed by atoms with Crippen molar-refractivity contribution in [1.29, 1.82) is 0 Å². The number of aromatic nitrogens is 1. The Morgan fingerprint density at radius 2 is 1.86 bits per heavy atom. The Bertz CT molecular complexity index is 774. The van der Waals surface area contributed by atoms with Gasteiger partial charge in [0.2, 0.25) is 5.43 Å². The lowest BCUT2D eigenvalue weighted by Crippen LogP contribution is -2.28. The van der Waals surface area contributed by atoms with Crippen LogP contribution in [0.15, 0.2) is 29.1 Å². The van der Waals surface area contributed by atoms with E-state index in [0.717, 1.165) is 5.52 Å². The number of pyridine rings is 1. The van der Waals surface area contributed by atoms with Crippen molar-refractivity contribution in [2.75, 3.05) is 6.61 Å². The van der Waals surface area contributed by atoms with Gasteiger partial charge in [0.15, 0.2) is 0 Å². The molecule has 0 N–H and O–H groups in total. The van der Waals surface area contributed by atoms with Crippen LogP contribution < -0.4 is 5.43 Å². The maximum Gasteiger partial charge on any atom is 0.379 e. The van der Waals surface area contributed by atoms with Crippen LogP contribution in [0.1, 0.15) is 29.9 Å². The normalized spacial score (nSPS) is 10.6. The summed E-state index contributed by atoms with van der Waals surface area (Å²) in [5, 5.41) is 0.428. The minimum absolute atomic E-state index is 0.0964. The second kappa shape index (κ2) is 5.91. The molecule has 2 rings (SSSR count). The average molecular weight is 287 g/mol. The Hall–Kier alpha value is -2.43. The van der Waals surface area contributed by atoms with Gasteiger partial charge in [-0.3, -0.25) is 9.59 Å². The smallest absolute Gasteiger partial charge is 0.379 e. The molecule has 0 saturated carbocycles. The molecular weight excluding hydrogens is 270 g/mol. The molecule has 1 heterocycles. The number of hydrogen-bond acceptors (Lipinski definition) is 4. The molecule has 1 aromatic carbocycles. The van der Waals surface area contributed by atoms with Crippen LogP contribution in [0.4, 0.5) is 0 Å². The van der Waals surface area contributed by atoms with Crippen molar-refractivity contribution in [1.82, 2.24) is 4.57 Å². The molecule has 0 atom stereocenters. The Morgan fingerprint density at radius 1 is 1.19 bits per heavy atom. The minimum atomic E-state index is -0.990. The summed E-state index contributed by atoms with van der Waals surface area (Å²) in [6.07, 6.45) is 0. The first kappa shape index (κ1) is 15.0. The lowest BCUT2D eigenvalue weighted by Gasteiger charge is -2.15. The molecule has 0 radical (unpaired) electrons. The molecule has 5 heteroatoms. The van der Waals surface area contributed by atoms with Gasteiger partial charge in [-0.25, -0.2) is 4.79 Å². The summed E-state index contributed by atoms with van der Waals surface area (Å²) >= 11 is 0. The van der Waals surface area contributed by atoms with E-state index in [0.29, 0.717) is 17.6 Å². The van der Waals surface area contributed by atoms with E-state index >= 15 is 0 Å². The van der Waals surface area contributed by atoms with Crippen LogP contribution in [0, 0.1) is 6.92 Å². The van der Waals surface area contributed by atoms with Crippen molar-refractivity contribution in [2.24, 2.45) is 0 Å². The fraction of sp³-hybridized carbons (Fsp3) is 0.312. The lowest BCUT2D eigenvalue weighted by molar-refractivity contribution is -0.137. The number of hydrogen-bond donors (Lipinski definition) is 0. The molecule has 0 saturated heterocycles. The molecule has 0 aliphatic heterocycles. The highest BCUT2D eigenvalue weighted by Gasteiger charge is 2.25. The first-order valence-electron chi connectivity index (χ1n) is 6.86. The highest BCUT2D eigenvalue weighted by molar-refractivity contribution is 6.41. The SMILES string of the molecule is CCOC(=O)C(=O)c1c(C)n(CC)c2ccccc2c1=O. The predicted octanol–water partition coefficient (Wildman–Crippen LogP) is 2.08. The summed E-state index contributed by atoms with van der Waals surface area (Å²) in [5.41, 5.74) is 0.710.